The zero-order chi connectivity index (χ0) is 6.50. The minimum absolute atomic E-state index is 1.00. The summed E-state index contributed by atoms with van der Waals surface area (Å²) in [5, 5.41) is 0. The maximum Gasteiger partial charge on any atom is 0.0675 e. The number of nitrogens with two attached hydrogens (primary N) is 1. The fourth-order valence-electron chi connectivity index (χ4n) is 0. The Morgan fingerprint density at radius 1 is 0.857 bits per heavy atom. The zero-order valence-electron chi connectivity index (χ0n) is 6.02. The van der Waals surface area contributed by atoms with Gasteiger partial charge in [0, 0.05) is 0 Å². The molecular formula is C5H17N2+. The van der Waals surface area contributed by atoms with Gasteiger partial charge >= 0.3 is 0 Å². The van der Waals surface area contributed by atoms with E-state index in [1.807, 2.05) is 0 Å². The van der Waals surface area contributed by atoms with Gasteiger partial charge in [0.05, 0.1) is 28.2 Å². The number of nitrogens with zero attached hydrogens (tertiary/aromatic N) is 1. The zero-order valence-corrected chi connectivity index (χ0v) is 6.02. The highest BCUT2D eigenvalue weighted by molar-refractivity contribution is 3.87. The number of quaternary nitrogens is 1. The van der Waals surface area contributed by atoms with Crippen LogP contribution in [0.15, 0.2) is 0 Å². The summed E-state index contributed by atoms with van der Waals surface area (Å²) in [6.45, 7) is 0. The Labute approximate surface area is 46.5 Å². The number of rotatable bonds is 0. The highest BCUT2D eigenvalue weighted by atomic mass is 15.2. The summed E-state index contributed by atoms with van der Waals surface area (Å²) >= 11 is 0. The van der Waals surface area contributed by atoms with Gasteiger partial charge in [0.2, 0.25) is 0 Å². The molecule has 0 aliphatic heterocycles. The first kappa shape index (κ1) is 10.0. The van der Waals surface area contributed by atoms with E-state index in [1.54, 1.807) is 0 Å². The fraction of sp³-hybridized carbons (Fsp3) is 1.00. The molecule has 0 amide bonds. The monoisotopic (exact) mass is 105 g/mol. The summed E-state index contributed by atoms with van der Waals surface area (Å²) in [5.41, 5.74) is 4.50. The summed E-state index contributed by atoms with van der Waals surface area (Å²) < 4.78 is 1.00. The highest BCUT2D eigenvalue weighted by Crippen LogP contribution is 1.73. The molecule has 0 aromatic rings. The SMILES string of the molecule is CN.C[N+](C)(C)C. The van der Waals surface area contributed by atoms with Gasteiger partial charge in [0.15, 0.2) is 0 Å². The van der Waals surface area contributed by atoms with Crippen LogP contribution in [0.25, 0.3) is 0 Å². The van der Waals surface area contributed by atoms with Crippen molar-refractivity contribution in [3.8, 4) is 0 Å². The van der Waals surface area contributed by atoms with E-state index in [2.05, 4.69) is 33.9 Å². The molecule has 0 heterocycles. The van der Waals surface area contributed by atoms with Gasteiger partial charge in [-0.25, -0.2) is 0 Å². The van der Waals surface area contributed by atoms with E-state index in [-0.39, 0.29) is 0 Å². The van der Waals surface area contributed by atoms with Crippen LogP contribution in [-0.4, -0.2) is 39.7 Å². The van der Waals surface area contributed by atoms with E-state index in [4.69, 9.17) is 0 Å². The molecule has 0 fully saturated rings. The lowest BCUT2D eigenvalue weighted by Gasteiger charge is -2.14. The molecule has 0 radical (unpaired) electrons. The lowest BCUT2D eigenvalue weighted by Crippen LogP contribution is -2.27. The Bertz CT molecular complexity index is 21.6. The normalized spacial score (nSPS) is 9.43. The molecule has 0 spiro atoms. The van der Waals surface area contributed by atoms with Crippen molar-refractivity contribution in [2.24, 2.45) is 5.73 Å². The average molecular weight is 105 g/mol. The van der Waals surface area contributed by atoms with Crippen LogP contribution >= 0.6 is 0 Å². The molecule has 2 nitrogen and oxygen atoms in total. The molecule has 0 aromatic heterocycles. The Balaban J connectivity index is 0. The molecule has 2 heteroatoms. The van der Waals surface area contributed by atoms with Crippen molar-refractivity contribution < 1.29 is 4.48 Å². The first-order chi connectivity index (χ1) is 3.00. The standard InChI is InChI=1S/C4H12N.CH5N/c1-5(2,3)4;1-2/h1-4H3;2H2,1H3/q+1;. The predicted octanol–water partition coefficient (Wildman–Crippen LogP) is -0.103. The van der Waals surface area contributed by atoms with Gasteiger partial charge in [-0.05, 0) is 7.05 Å². The quantitative estimate of drug-likeness (QED) is 0.428. The van der Waals surface area contributed by atoms with Crippen LogP contribution in [0.3, 0.4) is 0 Å². The van der Waals surface area contributed by atoms with Gasteiger partial charge in [-0.2, -0.15) is 0 Å². The Morgan fingerprint density at radius 2 is 0.857 bits per heavy atom. The predicted molar refractivity (Wildman–Crippen MR) is 34.1 cm³/mol. The van der Waals surface area contributed by atoms with Gasteiger partial charge < -0.3 is 10.2 Å². The summed E-state index contributed by atoms with van der Waals surface area (Å²) in [7, 11) is 10.0. The van der Waals surface area contributed by atoms with Gasteiger partial charge in [0.1, 0.15) is 0 Å². The van der Waals surface area contributed by atoms with E-state index in [9.17, 15) is 0 Å². The van der Waals surface area contributed by atoms with E-state index in [0.717, 1.165) is 4.48 Å². The van der Waals surface area contributed by atoms with Crippen molar-refractivity contribution in [3.05, 3.63) is 0 Å². The van der Waals surface area contributed by atoms with E-state index in [1.165, 1.54) is 7.05 Å². The van der Waals surface area contributed by atoms with Crippen LogP contribution in [0.1, 0.15) is 0 Å². The lowest BCUT2D eigenvalue weighted by atomic mass is 10.8. The third-order valence-electron chi connectivity index (χ3n) is 0. The molecule has 0 aliphatic carbocycles. The molecule has 7 heavy (non-hydrogen) atoms. The van der Waals surface area contributed by atoms with Crippen molar-refractivity contribution in [2.45, 2.75) is 0 Å². The smallest absolute Gasteiger partial charge is 0.0675 e. The second-order valence-electron chi connectivity index (χ2n) is 2.68. The minimum Gasteiger partial charge on any atom is -0.333 e. The van der Waals surface area contributed by atoms with Gasteiger partial charge in [-0.15, -0.1) is 0 Å². The van der Waals surface area contributed by atoms with Crippen molar-refractivity contribution in [3.63, 3.8) is 0 Å². The Hall–Kier alpha value is -0.0800. The second-order valence-corrected chi connectivity index (χ2v) is 2.68. The number of hydrogen-bond donors (Lipinski definition) is 1. The van der Waals surface area contributed by atoms with Gasteiger partial charge in [0.25, 0.3) is 0 Å². The molecule has 0 bridgehead atoms. The number of hydrogen-bond acceptors (Lipinski definition) is 1. The van der Waals surface area contributed by atoms with Crippen LogP contribution in [0, 0.1) is 0 Å². The Kier molecular flexibility index (Phi) is 5.85. The van der Waals surface area contributed by atoms with Crippen LogP contribution < -0.4 is 5.73 Å². The molecule has 0 atom stereocenters. The third kappa shape index (κ3) is 14200. The van der Waals surface area contributed by atoms with Crippen LogP contribution in [0.2, 0.25) is 0 Å². The first-order valence-corrected chi connectivity index (χ1v) is 2.37. The lowest BCUT2D eigenvalue weighted by molar-refractivity contribution is -0.849. The van der Waals surface area contributed by atoms with Crippen molar-refractivity contribution in [1.82, 2.24) is 0 Å². The van der Waals surface area contributed by atoms with Gasteiger partial charge in [-0.1, -0.05) is 0 Å². The highest BCUT2D eigenvalue weighted by Gasteiger charge is 1.88. The Morgan fingerprint density at radius 3 is 0.857 bits per heavy atom. The van der Waals surface area contributed by atoms with Crippen LogP contribution in [-0.2, 0) is 0 Å². The largest absolute Gasteiger partial charge is 0.333 e. The van der Waals surface area contributed by atoms with Crippen LogP contribution in [0.5, 0.6) is 0 Å². The average Bonchev–Trinajstić information content (AvgIpc) is 1.36. The van der Waals surface area contributed by atoms with E-state index < -0.39 is 0 Å². The van der Waals surface area contributed by atoms with Crippen molar-refractivity contribution in [1.29, 1.82) is 0 Å². The second kappa shape index (κ2) is 4.09. The van der Waals surface area contributed by atoms with Crippen LogP contribution in [0.4, 0.5) is 0 Å². The fourth-order valence-corrected chi connectivity index (χ4v) is 0. The third-order valence-corrected chi connectivity index (χ3v) is 0. The molecule has 0 saturated carbocycles. The molecule has 0 saturated heterocycles. The summed E-state index contributed by atoms with van der Waals surface area (Å²) in [6.07, 6.45) is 0. The van der Waals surface area contributed by atoms with Crippen molar-refractivity contribution in [2.75, 3.05) is 35.2 Å². The molecule has 2 N–H and O–H groups in total. The van der Waals surface area contributed by atoms with E-state index in [0.29, 0.717) is 0 Å². The maximum absolute atomic E-state index is 4.50. The van der Waals surface area contributed by atoms with Crippen molar-refractivity contribution >= 4 is 0 Å². The molecule has 0 unspecified atom stereocenters. The summed E-state index contributed by atoms with van der Waals surface area (Å²) in [4.78, 5) is 0. The molecule has 0 rings (SSSR count). The maximum atomic E-state index is 4.50. The molecule has 46 valence electrons. The topological polar surface area (TPSA) is 26.0 Å². The molecule has 0 aliphatic rings. The summed E-state index contributed by atoms with van der Waals surface area (Å²) in [5.74, 6) is 0. The molecular weight excluding hydrogens is 88.1 g/mol. The first-order valence-electron chi connectivity index (χ1n) is 2.37. The minimum atomic E-state index is 1.00. The van der Waals surface area contributed by atoms with E-state index >= 15 is 0 Å². The molecule has 0 aromatic carbocycles. The summed E-state index contributed by atoms with van der Waals surface area (Å²) in [6, 6.07) is 0. The van der Waals surface area contributed by atoms with Gasteiger partial charge in [-0.3, -0.25) is 0 Å².